The molecule has 27 heavy (non-hydrogen) atoms. The number of halogens is 1. The number of amides is 2. The number of carbonyl (C=O) groups is 2. The van der Waals surface area contributed by atoms with Crippen LogP contribution in [0.5, 0.6) is 0 Å². The van der Waals surface area contributed by atoms with Crippen molar-refractivity contribution in [3.63, 3.8) is 0 Å². The predicted molar refractivity (Wildman–Crippen MR) is 104 cm³/mol. The molecule has 1 saturated heterocycles. The summed E-state index contributed by atoms with van der Waals surface area (Å²) in [5.41, 5.74) is 0.116. The molecule has 0 N–H and O–H groups in total. The molecule has 1 aliphatic heterocycles. The molecule has 4 nitrogen and oxygen atoms in total. The summed E-state index contributed by atoms with van der Waals surface area (Å²) in [6, 6.07) is 6.10. The van der Waals surface area contributed by atoms with Gasteiger partial charge < -0.3 is 9.80 Å². The van der Waals surface area contributed by atoms with E-state index < -0.39 is 5.82 Å². The summed E-state index contributed by atoms with van der Waals surface area (Å²) in [4.78, 5) is 28.7. The number of hydrogen-bond acceptors (Lipinski definition) is 2. The smallest absolute Gasteiger partial charge is 0.256 e. The monoisotopic (exact) mass is 374 g/mol. The van der Waals surface area contributed by atoms with E-state index in [1.807, 2.05) is 4.90 Å². The summed E-state index contributed by atoms with van der Waals surface area (Å²) in [5, 5.41) is 0. The molecule has 2 amide bonds. The van der Waals surface area contributed by atoms with E-state index in [1.165, 1.54) is 44.2 Å². The highest BCUT2D eigenvalue weighted by molar-refractivity contribution is 5.94. The van der Waals surface area contributed by atoms with Crippen molar-refractivity contribution in [3.05, 3.63) is 35.6 Å². The van der Waals surface area contributed by atoms with Crippen molar-refractivity contribution in [1.29, 1.82) is 0 Å². The number of nitrogens with zero attached hydrogens (tertiary/aromatic N) is 2. The Hall–Kier alpha value is -1.91. The van der Waals surface area contributed by atoms with E-state index in [0.29, 0.717) is 32.6 Å². The van der Waals surface area contributed by atoms with Gasteiger partial charge in [-0.05, 0) is 37.3 Å². The molecular formula is C22H31FN2O2. The van der Waals surface area contributed by atoms with Crippen LogP contribution >= 0.6 is 0 Å². The molecule has 2 fully saturated rings. The average Bonchev–Trinajstić information content (AvgIpc) is 2.95. The maximum absolute atomic E-state index is 13.9. The fourth-order valence-corrected chi connectivity index (χ4v) is 4.35. The molecule has 2 aliphatic rings. The second-order valence-corrected chi connectivity index (χ2v) is 7.90. The maximum atomic E-state index is 13.9. The summed E-state index contributed by atoms with van der Waals surface area (Å²) >= 11 is 0. The fourth-order valence-electron chi connectivity index (χ4n) is 4.35. The van der Waals surface area contributed by atoms with Gasteiger partial charge in [-0.15, -0.1) is 0 Å². The topological polar surface area (TPSA) is 40.6 Å². The van der Waals surface area contributed by atoms with Crippen molar-refractivity contribution in [2.45, 2.75) is 57.8 Å². The van der Waals surface area contributed by atoms with Crippen molar-refractivity contribution >= 4 is 11.8 Å². The molecule has 0 radical (unpaired) electrons. The molecule has 5 heteroatoms. The molecule has 0 aromatic heterocycles. The molecule has 1 saturated carbocycles. The lowest BCUT2D eigenvalue weighted by atomic mass is 9.86. The van der Waals surface area contributed by atoms with Crippen LogP contribution in [0, 0.1) is 11.7 Å². The van der Waals surface area contributed by atoms with Crippen molar-refractivity contribution < 1.29 is 14.0 Å². The third-order valence-corrected chi connectivity index (χ3v) is 5.97. The van der Waals surface area contributed by atoms with Gasteiger partial charge in [0.25, 0.3) is 5.91 Å². The lowest BCUT2D eigenvalue weighted by Gasteiger charge is -2.24. The van der Waals surface area contributed by atoms with E-state index in [9.17, 15) is 14.0 Å². The third-order valence-electron chi connectivity index (χ3n) is 5.97. The second kappa shape index (κ2) is 9.86. The minimum absolute atomic E-state index is 0.116. The summed E-state index contributed by atoms with van der Waals surface area (Å²) < 4.78 is 13.9. The highest BCUT2D eigenvalue weighted by Gasteiger charge is 2.24. The van der Waals surface area contributed by atoms with Crippen LogP contribution in [0.3, 0.4) is 0 Å². The minimum atomic E-state index is -0.484. The molecule has 0 unspecified atom stereocenters. The second-order valence-electron chi connectivity index (χ2n) is 7.90. The molecule has 3 rings (SSSR count). The quantitative estimate of drug-likeness (QED) is 0.773. The molecule has 1 aromatic carbocycles. The van der Waals surface area contributed by atoms with Crippen LogP contribution in [0.1, 0.15) is 68.1 Å². The number of rotatable bonds is 5. The zero-order chi connectivity index (χ0) is 19.1. The zero-order valence-electron chi connectivity index (χ0n) is 16.2. The van der Waals surface area contributed by atoms with Gasteiger partial charge in [-0.2, -0.15) is 0 Å². The average molecular weight is 375 g/mol. The Morgan fingerprint density at radius 3 is 2.41 bits per heavy atom. The summed E-state index contributed by atoms with van der Waals surface area (Å²) in [6.45, 7) is 2.27. The molecule has 1 aliphatic carbocycles. The van der Waals surface area contributed by atoms with E-state index in [1.54, 1.807) is 17.0 Å². The zero-order valence-corrected chi connectivity index (χ0v) is 16.2. The van der Waals surface area contributed by atoms with Gasteiger partial charge in [-0.3, -0.25) is 9.59 Å². The first-order valence-corrected chi connectivity index (χ1v) is 10.5. The number of carbonyl (C=O) groups excluding carboxylic acids is 2. The van der Waals surface area contributed by atoms with E-state index >= 15 is 0 Å². The van der Waals surface area contributed by atoms with Crippen LogP contribution in [0.15, 0.2) is 24.3 Å². The van der Waals surface area contributed by atoms with E-state index in [0.717, 1.165) is 25.2 Å². The standard InChI is InChI=1S/C22H31FN2O2/c23-20-12-5-4-11-19(20)22(27)25-15-7-14-24(16-17-25)21(26)13-6-10-18-8-2-1-3-9-18/h4-5,11-12,18H,1-3,6-10,13-17H2. The van der Waals surface area contributed by atoms with Gasteiger partial charge in [0.15, 0.2) is 0 Å². The molecular weight excluding hydrogens is 343 g/mol. The SMILES string of the molecule is O=C(CCCC1CCCCC1)N1CCCN(C(=O)c2ccccc2F)CC1. The van der Waals surface area contributed by atoms with Gasteiger partial charge in [0.2, 0.25) is 5.91 Å². The molecule has 0 spiro atoms. The van der Waals surface area contributed by atoms with Crippen LogP contribution in [0.2, 0.25) is 0 Å². The van der Waals surface area contributed by atoms with Crippen LogP contribution < -0.4 is 0 Å². The Labute approximate surface area is 161 Å². The highest BCUT2D eigenvalue weighted by Crippen LogP contribution is 2.27. The minimum Gasteiger partial charge on any atom is -0.341 e. The molecule has 1 aromatic rings. The summed E-state index contributed by atoms with van der Waals surface area (Å²) in [7, 11) is 0. The van der Waals surface area contributed by atoms with Crippen LogP contribution in [0.25, 0.3) is 0 Å². The molecule has 148 valence electrons. The van der Waals surface area contributed by atoms with Gasteiger partial charge in [0.1, 0.15) is 5.82 Å². The van der Waals surface area contributed by atoms with Crippen molar-refractivity contribution in [2.24, 2.45) is 5.92 Å². The lowest BCUT2D eigenvalue weighted by molar-refractivity contribution is -0.131. The fraction of sp³-hybridized carbons (Fsp3) is 0.636. The molecule has 1 heterocycles. The van der Waals surface area contributed by atoms with Gasteiger partial charge in [0, 0.05) is 32.6 Å². The highest BCUT2D eigenvalue weighted by atomic mass is 19.1. The summed E-state index contributed by atoms with van der Waals surface area (Å²) in [5.74, 6) is 0.248. The van der Waals surface area contributed by atoms with Crippen LogP contribution in [0.4, 0.5) is 4.39 Å². The Balaban J connectivity index is 1.45. The Morgan fingerprint density at radius 1 is 0.926 bits per heavy atom. The Kier molecular flexibility index (Phi) is 7.25. The molecule has 0 atom stereocenters. The van der Waals surface area contributed by atoms with Crippen molar-refractivity contribution in [3.8, 4) is 0 Å². The maximum Gasteiger partial charge on any atom is 0.256 e. The third kappa shape index (κ3) is 5.53. The molecule has 0 bridgehead atoms. The first kappa shape index (κ1) is 19.8. The van der Waals surface area contributed by atoms with E-state index in [2.05, 4.69) is 0 Å². The number of benzene rings is 1. The first-order valence-electron chi connectivity index (χ1n) is 10.5. The van der Waals surface area contributed by atoms with Gasteiger partial charge in [0.05, 0.1) is 5.56 Å². The Bertz CT molecular complexity index is 643. The lowest BCUT2D eigenvalue weighted by Crippen LogP contribution is -2.37. The van der Waals surface area contributed by atoms with Crippen molar-refractivity contribution in [1.82, 2.24) is 9.80 Å². The van der Waals surface area contributed by atoms with Crippen LogP contribution in [-0.2, 0) is 4.79 Å². The van der Waals surface area contributed by atoms with Gasteiger partial charge >= 0.3 is 0 Å². The number of hydrogen-bond donors (Lipinski definition) is 0. The predicted octanol–water partition coefficient (Wildman–Crippen LogP) is 4.25. The van der Waals surface area contributed by atoms with E-state index in [4.69, 9.17) is 0 Å². The van der Waals surface area contributed by atoms with Crippen molar-refractivity contribution in [2.75, 3.05) is 26.2 Å². The Morgan fingerprint density at radius 2 is 1.63 bits per heavy atom. The van der Waals surface area contributed by atoms with Gasteiger partial charge in [-0.25, -0.2) is 4.39 Å². The summed E-state index contributed by atoms with van der Waals surface area (Å²) in [6.07, 6.45) is 10.2. The van der Waals surface area contributed by atoms with Gasteiger partial charge in [-0.1, -0.05) is 44.2 Å². The van der Waals surface area contributed by atoms with Crippen LogP contribution in [-0.4, -0.2) is 47.8 Å². The largest absolute Gasteiger partial charge is 0.341 e. The van der Waals surface area contributed by atoms with E-state index in [-0.39, 0.29) is 17.4 Å². The first-order chi connectivity index (χ1) is 13.1. The normalized spacial score (nSPS) is 19.0.